The third-order valence-electron chi connectivity index (χ3n) is 21.0. The summed E-state index contributed by atoms with van der Waals surface area (Å²) >= 11 is 0. The molecule has 19 heteroatoms. The van der Waals surface area contributed by atoms with Crippen LogP contribution in [0, 0.1) is 5.92 Å². The number of carbonyl (C=O) groups excluding carboxylic acids is 4. The van der Waals surface area contributed by atoms with Gasteiger partial charge in [0.25, 0.3) is 0 Å². The normalized spacial score (nSPS) is 13.7. The van der Waals surface area contributed by atoms with Gasteiger partial charge in [-0.1, -0.05) is 433 Å². The van der Waals surface area contributed by atoms with E-state index in [1.54, 1.807) is 0 Å². The fourth-order valence-corrected chi connectivity index (χ4v) is 15.6. The second-order valence-corrected chi connectivity index (χ2v) is 35.4. The molecule has 0 spiro atoms. The third-order valence-corrected chi connectivity index (χ3v) is 22.9. The first-order chi connectivity index (χ1) is 52.5. The molecular weight excluding hydrogens is 1400 g/mol. The summed E-state index contributed by atoms with van der Waals surface area (Å²) in [6.45, 7) is 7.35. The lowest BCUT2D eigenvalue weighted by molar-refractivity contribution is -0.161. The Kier molecular flexibility index (Phi) is 80.2. The zero-order valence-corrected chi connectivity index (χ0v) is 72.8. The van der Waals surface area contributed by atoms with Crippen LogP contribution >= 0.6 is 15.6 Å². The molecule has 0 aromatic carbocycles. The van der Waals surface area contributed by atoms with Crippen molar-refractivity contribution in [3.63, 3.8) is 0 Å². The van der Waals surface area contributed by atoms with E-state index in [0.29, 0.717) is 25.7 Å². The molecule has 17 nitrogen and oxygen atoms in total. The number of aliphatic hydroxyl groups excluding tert-OH is 1. The predicted octanol–water partition coefficient (Wildman–Crippen LogP) is 27.5. The average Bonchev–Trinajstić information content (AvgIpc) is 0.900. The molecule has 3 N–H and O–H groups in total. The van der Waals surface area contributed by atoms with Crippen molar-refractivity contribution in [1.29, 1.82) is 0 Å². The molecule has 0 aromatic rings. The number of rotatable bonds is 89. The van der Waals surface area contributed by atoms with Crippen LogP contribution in [0.25, 0.3) is 0 Å². The Morgan fingerprint density at radius 2 is 0.426 bits per heavy atom. The summed E-state index contributed by atoms with van der Waals surface area (Å²) in [5.41, 5.74) is 0. The van der Waals surface area contributed by atoms with E-state index < -0.39 is 97.5 Å². The largest absolute Gasteiger partial charge is 0.472 e. The summed E-state index contributed by atoms with van der Waals surface area (Å²) in [6, 6.07) is 0. The molecule has 0 fully saturated rings. The van der Waals surface area contributed by atoms with Gasteiger partial charge in [-0.3, -0.25) is 37.3 Å². The standard InChI is InChI=1S/C89H174O17P2/c1-6-9-12-15-18-21-24-27-30-33-35-36-37-39-41-44-47-50-53-60-65-70-75-88(93)105-84(78-99-86(91)72-67-62-57-51-48-45-43-40-38-34-31-28-25-22-19-16-13-10-7-2)80-103-107(95,96)101-76-83(90)77-102-108(97,98)104-81-85(79-100-87(92)73-68-63-58-55-54-56-61-66-71-82(4)5)106-89(94)74-69-64-59-52-49-46-42-32-29-26-23-20-17-14-11-8-3/h82-85,90H,6-81H2,1-5H3,(H,95,96)(H,97,98)/t83-,84-,85-/m1/s1. The van der Waals surface area contributed by atoms with Crippen LogP contribution in [0.3, 0.4) is 0 Å². The maximum absolute atomic E-state index is 13.2. The Labute approximate surface area is 664 Å². The first-order valence-corrected chi connectivity index (χ1v) is 49.1. The molecule has 108 heavy (non-hydrogen) atoms. The monoisotopic (exact) mass is 1580 g/mol. The number of phosphoric acid groups is 2. The number of hydrogen-bond donors (Lipinski definition) is 3. The lowest BCUT2D eigenvalue weighted by atomic mass is 10.0. The Hall–Kier alpha value is -1.94. The molecule has 0 aromatic heterocycles. The molecule has 642 valence electrons. The Morgan fingerprint density at radius 1 is 0.250 bits per heavy atom. The minimum Gasteiger partial charge on any atom is -0.462 e. The van der Waals surface area contributed by atoms with Gasteiger partial charge < -0.3 is 33.8 Å². The number of unbranched alkanes of at least 4 members (excludes halogenated alkanes) is 61. The van der Waals surface area contributed by atoms with Gasteiger partial charge >= 0.3 is 39.5 Å². The zero-order chi connectivity index (χ0) is 79.0. The number of carbonyl (C=O) groups is 4. The van der Waals surface area contributed by atoms with Crippen LogP contribution in [0.5, 0.6) is 0 Å². The molecular formula is C89H174O17P2. The topological polar surface area (TPSA) is 237 Å². The fourth-order valence-electron chi connectivity index (χ4n) is 14.0. The van der Waals surface area contributed by atoms with E-state index in [2.05, 4.69) is 34.6 Å². The highest BCUT2D eigenvalue weighted by Gasteiger charge is 2.30. The third kappa shape index (κ3) is 82.1. The highest BCUT2D eigenvalue weighted by molar-refractivity contribution is 7.47. The number of hydrogen-bond acceptors (Lipinski definition) is 15. The Bertz CT molecular complexity index is 2050. The van der Waals surface area contributed by atoms with Gasteiger partial charge in [-0.25, -0.2) is 9.13 Å². The Morgan fingerprint density at radius 3 is 0.630 bits per heavy atom. The van der Waals surface area contributed by atoms with Crippen molar-refractivity contribution in [2.24, 2.45) is 5.92 Å². The van der Waals surface area contributed by atoms with E-state index >= 15 is 0 Å². The fraction of sp³-hybridized carbons (Fsp3) is 0.955. The predicted molar refractivity (Wildman–Crippen MR) is 446 cm³/mol. The van der Waals surface area contributed by atoms with Crippen LogP contribution in [-0.2, 0) is 65.4 Å². The molecule has 0 saturated carbocycles. The SMILES string of the molecule is CCCCCCCCCCCCCCCCCCCCCCCCC(=O)O[C@H](COC(=O)CCCCCCCCCCCCCCCCCCCCC)COP(=O)(O)OC[C@@H](O)COP(=O)(O)OC[C@@H](COC(=O)CCCCCCCCCCC(C)C)OC(=O)CCCCCCCCCCCCCCCCCC. The van der Waals surface area contributed by atoms with Gasteiger partial charge in [0.15, 0.2) is 12.2 Å². The first-order valence-electron chi connectivity index (χ1n) is 46.1. The van der Waals surface area contributed by atoms with E-state index in [4.69, 9.17) is 37.0 Å². The minimum absolute atomic E-state index is 0.108. The molecule has 0 amide bonds. The van der Waals surface area contributed by atoms with Gasteiger partial charge in [-0.05, 0) is 31.6 Å². The molecule has 0 rings (SSSR count). The van der Waals surface area contributed by atoms with Gasteiger partial charge in [0.05, 0.1) is 26.4 Å². The Balaban J connectivity index is 5.23. The number of ether oxygens (including phenoxy) is 4. The van der Waals surface area contributed by atoms with E-state index in [1.807, 2.05) is 0 Å². The summed E-state index contributed by atoms with van der Waals surface area (Å²) in [7, 11) is -9.93. The smallest absolute Gasteiger partial charge is 0.462 e. The van der Waals surface area contributed by atoms with Crippen molar-refractivity contribution in [3.8, 4) is 0 Å². The van der Waals surface area contributed by atoms with E-state index in [1.165, 1.54) is 308 Å². The van der Waals surface area contributed by atoms with Crippen LogP contribution in [0.15, 0.2) is 0 Å². The number of aliphatic hydroxyl groups is 1. The van der Waals surface area contributed by atoms with Crippen molar-refractivity contribution >= 4 is 39.5 Å². The van der Waals surface area contributed by atoms with Crippen molar-refractivity contribution < 1.29 is 80.2 Å². The summed E-state index contributed by atoms with van der Waals surface area (Å²) in [4.78, 5) is 73.3. The maximum Gasteiger partial charge on any atom is 0.472 e. The summed E-state index contributed by atoms with van der Waals surface area (Å²) in [5, 5.41) is 10.7. The van der Waals surface area contributed by atoms with Crippen molar-refractivity contribution in [3.05, 3.63) is 0 Å². The van der Waals surface area contributed by atoms with Gasteiger partial charge in [-0.15, -0.1) is 0 Å². The molecule has 0 bridgehead atoms. The van der Waals surface area contributed by atoms with Gasteiger partial charge in [0.1, 0.15) is 19.3 Å². The number of phosphoric ester groups is 2. The second-order valence-electron chi connectivity index (χ2n) is 32.5. The second kappa shape index (κ2) is 81.6. The highest BCUT2D eigenvalue weighted by Crippen LogP contribution is 2.45. The van der Waals surface area contributed by atoms with Gasteiger partial charge in [0.2, 0.25) is 0 Å². The van der Waals surface area contributed by atoms with Crippen LogP contribution < -0.4 is 0 Å². The van der Waals surface area contributed by atoms with Crippen LogP contribution in [0.4, 0.5) is 0 Å². The summed E-state index contributed by atoms with van der Waals surface area (Å²) in [5.74, 6) is -1.37. The lowest BCUT2D eigenvalue weighted by Crippen LogP contribution is -2.30. The van der Waals surface area contributed by atoms with Crippen LogP contribution in [0.1, 0.15) is 484 Å². The molecule has 5 atom stereocenters. The molecule has 0 aliphatic rings. The quantitative estimate of drug-likeness (QED) is 0.0222. The minimum atomic E-state index is -4.97. The lowest BCUT2D eigenvalue weighted by Gasteiger charge is -2.21. The molecule has 0 heterocycles. The zero-order valence-electron chi connectivity index (χ0n) is 71.0. The summed E-state index contributed by atoms with van der Waals surface area (Å²) in [6.07, 6.45) is 76.6. The van der Waals surface area contributed by atoms with E-state index in [0.717, 1.165) is 95.8 Å². The molecule has 0 aliphatic heterocycles. The van der Waals surface area contributed by atoms with E-state index in [-0.39, 0.29) is 25.7 Å². The average molecular weight is 1580 g/mol. The first kappa shape index (κ1) is 106. The van der Waals surface area contributed by atoms with Crippen molar-refractivity contribution in [2.75, 3.05) is 39.6 Å². The number of esters is 4. The molecule has 0 radical (unpaired) electrons. The van der Waals surface area contributed by atoms with Gasteiger partial charge in [-0.2, -0.15) is 0 Å². The van der Waals surface area contributed by atoms with E-state index in [9.17, 15) is 43.2 Å². The highest BCUT2D eigenvalue weighted by atomic mass is 31.2. The van der Waals surface area contributed by atoms with Crippen LogP contribution in [-0.4, -0.2) is 96.7 Å². The van der Waals surface area contributed by atoms with Crippen molar-refractivity contribution in [2.45, 2.75) is 502 Å². The van der Waals surface area contributed by atoms with Gasteiger partial charge in [0, 0.05) is 25.7 Å². The summed E-state index contributed by atoms with van der Waals surface area (Å²) < 4.78 is 69.0. The molecule has 2 unspecified atom stereocenters. The van der Waals surface area contributed by atoms with Crippen LogP contribution in [0.2, 0.25) is 0 Å². The maximum atomic E-state index is 13.2. The van der Waals surface area contributed by atoms with Crippen molar-refractivity contribution in [1.82, 2.24) is 0 Å². The molecule has 0 aliphatic carbocycles. The molecule has 0 saturated heterocycles.